The lowest BCUT2D eigenvalue weighted by Gasteiger charge is -2.13. The van der Waals surface area contributed by atoms with Crippen molar-refractivity contribution in [1.29, 1.82) is 0 Å². The zero-order valence-electron chi connectivity index (χ0n) is 14.4. The van der Waals surface area contributed by atoms with Gasteiger partial charge in [-0.05, 0) is 37.1 Å². The molecule has 1 amide bonds. The molecule has 5 nitrogen and oxygen atoms in total. The number of hydrogen-bond donors (Lipinski definition) is 1. The summed E-state index contributed by atoms with van der Waals surface area (Å²) in [4.78, 5) is 12.2. The summed E-state index contributed by atoms with van der Waals surface area (Å²) in [6.45, 7) is 2.98. The molecule has 2 aromatic rings. The zero-order valence-corrected chi connectivity index (χ0v) is 15.3. The normalized spacial score (nSPS) is 12.6. The molecule has 25 heavy (non-hydrogen) atoms. The second-order valence-electron chi connectivity index (χ2n) is 5.83. The summed E-state index contributed by atoms with van der Waals surface area (Å²) >= 11 is 0. The predicted molar refractivity (Wildman–Crippen MR) is 97.3 cm³/mol. The van der Waals surface area contributed by atoms with Gasteiger partial charge in [0.1, 0.15) is 0 Å². The van der Waals surface area contributed by atoms with Crippen molar-refractivity contribution in [3.8, 4) is 0 Å². The van der Waals surface area contributed by atoms with E-state index in [0.717, 1.165) is 11.8 Å². The maximum Gasteiger partial charge on any atom is 0.251 e. The second kappa shape index (κ2) is 8.78. The van der Waals surface area contributed by atoms with Crippen LogP contribution in [0.2, 0.25) is 0 Å². The van der Waals surface area contributed by atoms with E-state index in [1.165, 1.54) is 12.1 Å². The number of hydrogen-bond acceptors (Lipinski definition) is 4. The molecule has 0 aliphatic carbocycles. The van der Waals surface area contributed by atoms with Gasteiger partial charge in [-0.1, -0.05) is 36.4 Å². The largest absolute Gasteiger partial charge is 0.374 e. The van der Waals surface area contributed by atoms with Crippen LogP contribution in [-0.2, 0) is 14.6 Å². The van der Waals surface area contributed by atoms with E-state index in [2.05, 4.69) is 5.32 Å². The first-order valence-corrected chi connectivity index (χ1v) is 10.0. The average molecular weight is 361 g/mol. The fourth-order valence-corrected chi connectivity index (χ4v) is 2.99. The molecule has 1 N–H and O–H groups in total. The minimum absolute atomic E-state index is 0.00310. The maximum absolute atomic E-state index is 12.1. The predicted octanol–water partition coefficient (Wildman–Crippen LogP) is 2.99. The van der Waals surface area contributed by atoms with Crippen LogP contribution in [0.5, 0.6) is 0 Å². The standard InChI is InChI=1S/C19H23NO4S/c1-15(16-8-4-3-5-9-16)24-13-7-12-20-19(21)17-10-6-11-18(14-17)25(2,22)23/h3-6,8-11,14-15H,7,12-13H2,1-2H3,(H,20,21). The van der Waals surface area contributed by atoms with Gasteiger partial charge in [-0.2, -0.15) is 0 Å². The molecule has 0 bridgehead atoms. The topological polar surface area (TPSA) is 72.5 Å². The van der Waals surface area contributed by atoms with E-state index in [9.17, 15) is 13.2 Å². The Hall–Kier alpha value is -2.18. The van der Waals surface area contributed by atoms with Gasteiger partial charge < -0.3 is 10.1 Å². The summed E-state index contributed by atoms with van der Waals surface area (Å²) in [6.07, 6.45) is 1.80. The van der Waals surface area contributed by atoms with Crippen molar-refractivity contribution in [2.24, 2.45) is 0 Å². The third-order valence-electron chi connectivity index (χ3n) is 3.77. The number of nitrogens with one attached hydrogen (secondary N) is 1. The molecule has 0 aromatic heterocycles. The van der Waals surface area contributed by atoms with Gasteiger partial charge in [0.25, 0.3) is 5.91 Å². The van der Waals surface area contributed by atoms with Gasteiger partial charge in [0.05, 0.1) is 11.0 Å². The lowest BCUT2D eigenvalue weighted by atomic mass is 10.1. The minimum atomic E-state index is -3.32. The molecular weight excluding hydrogens is 338 g/mol. The van der Waals surface area contributed by atoms with Crippen molar-refractivity contribution in [1.82, 2.24) is 5.32 Å². The lowest BCUT2D eigenvalue weighted by Crippen LogP contribution is -2.25. The van der Waals surface area contributed by atoms with Gasteiger partial charge in [0.2, 0.25) is 0 Å². The number of rotatable bonds is 8. The van der Waals surface area contributed by atoms with E-state index in [0.29, 0.717) is 25.1 Å². The Kier molecular flexibility index (Phi) is 6.73. The van der Waals surface area contributed by atoms with Gasteiger partial charge in [-0.3, -0.25) is 4.79 Å². The highest BCUT2D eigenvalue weighted by Gasteiger charge is 2.11. The van der Waals surface area contributed by atoms with E-state index in [1.807, 2.05) is 37.3 Å². The molecule has 0 fully saturated rings. The molecule has 0 aliphatic rings. The van der Waals surface area contributed by atoms with E-state index in [-0.39, 0.29) is 16.9 Å². The molecule has 0 radical (unpaired) electrons. The van der Waals surface area contributed by atoms with E-state index in [1.54, 1.807) is 12.1 Å². The van der Waals surface area contributed by atoms with E-state index >= 15 is 0 Å². The average Bonchev–Trinajstić information content (AvgIpc) is 2.61. The maximum atomic E-state index is 12.1. The fourth-order valence-electron chi connectivity index (χ4n) is 2.32. The van der Waals surface area contributed by atoms with Gasteiger partial charge in [-0.25, -0.2) is 8.42 Å². The Labute approximate surface area is 148 Å². The van der Waals surface area contributed by atoms with Crippen LogP contribution >= 0.6 is 0 Å². The molecule has 1 atom stereocenters. The molecule has 134 valence electrons. The monoisotopic (exact) mass is 361 g/mol. The third-order valence-corrected chi connectivity index (χ3v) is 4.88. The SMILES string of the molecule is CC(OCCCNC(=O)c1cccc(S(C)(=O)=O)c1)c1ccccc1. The smallest absolute Gasteiger partial charge is 0.251 e. The molecule has 0 heterocycles. The first-order chi connectivity index (χ1) is 11.9. The van der Waals surface area contributed by atoms with E-state index < -0.39 is 9.84 Å². The molecule has 2 aromatic carbocycles. The molecule has 2 rings (SSSR count). The highest BCUT2D eigenvalue weighted by Crippen LogP contribution is 2.15. The number of benzene rings is 2. The Balaban J connectivity index is 1.76. The zero-order chi connectivity index (χ0) is 18.3. The highest BCUT2D eigenvalue weighted by molar-refractivity contribution is 7.90. The van der Waals surface area contributed by atoms with Crippen molar-refractivity contribution in [3.63, 3.8) is 0 Å². The number of carbonyl (C=O) groups is 1. The van der Waals surface area contributed by atoms with Gasteiger partial charge in [0.15, 0.2) is 9.84 Å². The summed E-state index contributed by atoms with van der Waals surface area (Å²) in [5.41, 5.74) is 1.45. The Morgan fingerprint density at radius 1 is 1.12 bits per heavy atom. The third kappa shape index (κ3) is 5.99. The van der Waals surface area contributed by atoms with Crippen molar-refractivity contribution in [2.45, 2.75) is 24.3 Å². The van der Waals surface area contributed by atoms with Crippen LogP contribution in [0.3, 0.4) is 0 Å². The van der Waals surface area contributed by atoms with Gasteiger partial charge in [0, 0.05) is 25.0 Å². The molecular formula is C19H23NO4S. The van der Waals surface area contributed by atoms with Crippen LogP contribution < -0.4 is 5.32 Å². The lowest BCUT2D eigenvalue weighted by molar-refractivity contribution is 0.0635. The molecule has 1 unspecified atom stereocenters. The van der Waals surface area contributed by atoms with Crippen molar-refractivity contribution < 1.29 is 17.9 Å². The van der Waals surface area contributed by atoms with Crippen LogP contribution in [-0.4, -0.2) is 33.7 Å². The van der Waals surface area contributed by atoms with Crippen LogP contribution in [0, 0.1) is 0 Å². The van der Waals surface area contributed by atoms with Crippen molar-refractivity contribution in [3.05, 3.63) is 65.7 Å². The Morgan fingerprint density at radius 3 is 2.52 bits per heavy atom. The van der Waals surface area contributed by atoms with Crippen LogP contribution in [0.1, 0.15) is 35.4 Å². The van der Waals surface area contributed by atoms with Crippen LogP contribution in [0.15, 0.2) is 59.5 Å². The summed E-state index contributed by atoms with van der Waals surface area (Å²) in [6, 6.07) is 16.0. The Bertz CT molecular complexity index is 803. The summed E-state index contributed by atoms with van der Waals surface area (Å²) < 4.78 is 28.8. The van der Waals surface area contributed by atoms with Crippen molar-refractivity contribution in [2.75, 3.05) is 19.4 Å². The van der Waals surface area contributed by atoms with Crippen molar-refractivity contribution >= 4 is 15.7 Å². The van der Waals surface area contributed by atoms with Crippen LogP contribution in [0.25, 0.3) is 0 Å². The second-order valence-corrected chi connectivity index (χ2v) is 7.85. The number of ether oxygens (including phenoxy) is 1. The molecule has 0 aliphatic heterocycles. The highest BCUT2D eigenvalue weighted by atomic mass is 32.2. The first-order valence-electron chi connectivity index (χ1n) is 8.13. The van der Waals surface area contributed by atoms with Gasteiger partial charge in [-0.15, -0.1) is 0 Å². The molecule has 0 saturated carbocycles. The molecule has 6 heteroatoms. The van der Waals surface area contributed by atoms with Crippen LogP contribution in [0.4, 0.5) is 0 Å². The number of amides is 1. The Morgan fingerprint density at radius 2 is 1.84 bits per heavy atom. The number of carbonyl (C=O) groups excluding carboxylic acids is 1. The first kappa shape index (κ1) is 19.1. The quantitative estimate of drug-likeness (QED) is 0.734. The summed E-state index contributed by atoms with van der Waals surface area (Å²) in [5.74, 6) is -0.290. The minimum Gasteiger partial charge on any atom is -0.374 e. The molecule has 0 spiro atoms. The fraction of sp³-hybridized carbons (Fsp3) is 0.316. The van der Waals surface area contributed by atoms with Gasteiger partial charge >= 0.3 is 0 Å². The molecule has 0 saturated heterocycles. The summed E-state index contributed by atoms with van der Waals surface area (Å²) in [7, 11) is -3.32. The van der Waals surface area contributed by atoms with E-state index in [4.69, 9.17) is 4.74 Å². The number of sulfone groups is 1. The summed E-state index contributed by atoms with van der Waals surface area (Å²) in [5, 5.41) is 2.78.